The fraction of sp³-hybridized carbons (Fsp3) is 0.350. The molecule has 1 N–H and O–H groups in total. The summed E-state index contributed by atoms with van der Waals surface area (Å²) in [6.45, 7) is 6.89. The van der Waals surface area contributed by atoms with Gasteiger partial charge < -0.3 is 5.32 Å². The summed E-state index contributed by atoms with van der Waals surface area (Å²) in [6, 6.07) is 16.7. The number of carbonyl (C=O) groups is 1. The van der Waals surface area contributed by atoms with Gasteiger partial charge in [0.05, 0.1) is 0 Å². The molecule has 1 amide bonds. The van der Waals surface area contributed by atoms with Crippen molar-refractivity contribution in [3.05, 3.63) is 70.8 Å². The third-order valence-electron chi connectivity index (χ3n) is 4.62. The molecule has 120 valence electrons. The topological polar surface area (TPSA) is 32.3 Å². The van der Waals surface area contributed by atoms with Crippen molar-refractivity contribution in [2.75, 3.05) is 13.1 Å². The molecule has 2 aromatic rings. The highest BCUT2D eigenvalue weighted by Crippen LogP contribution is 2.20. The summed E-state index contributed by atoms with van der Waals surface area (Å²) >= 11 is 0. The molecule has 1 unspecified atom stereocenters. The second-order valence-electron chi connectivity index (χ2n) is 6.42. The van der Waals surface area contributed by atoms with Crippen molar-refractivity contribution in [3.8, 4) is 0 Å². The van der Waals surface area contributed by atoms with Crippen LogP contribution in [0.4, 0.5) is 0 Å². The van der Waals surface area contributed by atoms with Crippen LogP contribution in [0.1, 0.15) is 34.0 Å². The van der Waals surface area contributed by atoms with Gasteiger partial charge in [0.1, 0.15) is 0 Å². The largest absolute Gasteiger partial charge is 0.350 e. The molecule has 1 atom stereocenters. The van der Waals surface area contributed by atoms with Crippen LogP contribution in [-0.2, 0) is 13.0 Å². The number of rotatable bonds is 4. The fourth-order valence-corrected chi connectivity index (χ4v) is 3.15. The molecule has 3 rings (SSSR count). The van der Waals surface area contributed by atoms with E-state index >= 15 is 0 Å². The fourth-order valence-electron chi connectivity index (χ4n) is 3.15. The average Bonchev–Trinajstić information content (AvgIpc) is 2.59. The highest BCUT2D eigenvalue weighted by molar-refractivity contribution is 5.94. The molecular formula is C20H24N2O. The van der Waals surface area contributed by atoms with Crippen LogP contribution < -0.4 is 5.32 Å². The van der Waals surface area contributed by atoms with Gasteiger partial charge in [-0.15, -0.1) is 0 Å². The van der Waals surface area contributed by atoms with Gasteiger partial charge in [-0.2, -0.15) is 0 Å². The molecule has 0 spiro atoms. The minimum atomic E-state index is 0.0120. The van der Waals surface area contributed by atoms with Gasteiger partial charge in [-0.1, -0.05) is 42.0 Å². The SMILES string of the molecule is Cc1cccc(C(=O)NCC(C)N2CCc3ccccc3C2)c1. The van der Waals surface area contributed by atoms with E-state index in [-0.39, 0.29) is 5.91 Å². The van der Waals surface area contributed by atoms with E-state index in [0.29, 0.717) is 12.6 Å². The van der Waals surface area contributed by atoms with Crippen LogP contribution in [0.2, 0.25) is 0 Å². The Balaban J connectivity index is 1.56. The van der Waals surface area contributed by atoms with Gasteiger partial charge in [-0.05, 0) is 43.5 Å². The molecule has 23 heavy (non-hydrogen) atoms. The first kappa shape index (κ1) is 15.8. The normalized spacial score (nSPS) is 15.7. The Morgan fingerprint density at radius 3 is 2.74 bits per heavy atom. The Bertz CT molecular complexity index is 696. The van der Waals surface area contributed by atoms with Gasteiger partial charge in [0, 0.05) is 31.2 Å². The summed E-state index contributed by atoms with van der Waals surface area (Å²) in [4.78, 5) is 14.7. The number of nitrogens with zero attached hydrogens (tertiary/aromatic N) is 1. The molecule has 0 saturated carbocycles. The first-order chi connectivity index (χ1) is 11.1. The van der Waals surface area contributed by atoms with Gasteiger partial charge in [0.25, 0.3) is 5.91 Å². The minimum absolute atomic E-state index is 0.0120. The first-order valence-corrected chi connectivity index (χ1v) is 8.29. The molecule has 0 bridgehead atoms. The summed E-state index contributed by atoms with van der Waals surface area (Å²) in [5.41, 5.74) is 4.72. The second-order valence-corrected chi connectivity index (χ2v) is 6.42. The van der Waals surface area contributed by atoms with Gasteiger partial charge in [0.2, 0.25) is 0 Å². The smallest absolute Gasteiger partial charge is 0.251 e. The maximum absolute atomic E-state index is 12.3. The molecule has 0 saturated heterocycles. The zero-order valence-corrected chi connectivity index (χ0v) is 13.9. The standard InChI is InChI=1S/C20H24N2O/c1-15-6-5-9-18(12-15)20(23)21-13-16(2)22-11-10-17-7-3-4-8-19(17)14-22/h3-9,12,16H,10-11,13-14H2,1-2H3,(H,21,23). The number of aryl methyl sites for hydroxylation is 1. The van der Waals surface area contributed by atoms with Crippen molar-refractivity contribution < 1.29 is 4.79 Å². The molecule has 0 aliphatic carbocycles. The van der Waals surface area contributed by atoms with E-state index in [1.807, 2.05) is 31.2 Å². The first-order valence-electron chi connectivity index (χ1n) is 8.29. The van der Waals surface area contributed by atoms with Crippen molar-refractivity contribution >= 4 is 5.91 Å². The molecule has 3 heteroatoms. The number of amides is 1. The number of hydrogen-bond acceptors (Lipinski definition) is 2. The lowest BCUT2D eigenvalue weighted by Crippen LogP contribution is -2.44. The number of fused-ring (bicyclic) bond motifs is 1. The third kappa shape index (κ3) is 3.80. The zero-order valence-electron chi connectivity index (χ0n) is 13.9. The lowest BCUT2D eigenvalue weighted by molar-refractivity contribution is 0.0932. The van der Waals surface area contributed by atoms with Crippen molar-refractivity contribution in [1.29, 1.82) is 0 Å². The molecule has 0 fully saturated rings. The molecular weight excluding hydrogens is 284 g/mol. The summed E-state index contributed by atoms with van der Waals surface area (Å²) in [5.74, 6) is 0.0120. The van der Waals surface area contributed by atoms with Crippen molar-refractivity contribution in [1.82, 2.24) is 10.2 Å². The predicted octanol–water partition coefficient (Wildman–Crippen LogP) is 3.17. The Kier molecular flexibility index (Phi) is 4.77. The zero-order chi connectivity index (χ0) is 16.2. The van der Waals surface area contributed by atoms with Crippen molar-refractivity contribution in [2.45, 2.75) is 32.9 Å². The van der Waals surface area contributed by atoms with E-state index < -0.39 is 0 Å². The molecule has 0 aromatic heterocycles. The third-order valence-corrected chi connectivity index (χ3v) is 4.62. The van der Waals surface area contributed by atoms with Gasteiger partial charge in [0.15, 0.2) is 0 Å². The molecule has 2 aromatic carbocycles. The maximum Gasteiger partial charge on any atom is 0.251 e. The summed E-state index contributed by atoms with van der Waals surface area (Å²) in [5, 5.41) is 3.07. The number of benzene rings is 2. The quantitative estimate of drug-likeness (QED) is 0.941. The Morgan fingerprint density at radius 1 is 1.17 bits per heavy atom. The van der Waals surface area contributed by atoms with E-state index in [2.05, 4.69) is 41.4 Å². The molecule has 0 radical (unpaired) electrons. The van der Waals surface area contributed by atoms with Gasteiger partial charge in [-0.25, -0.2) is 0 Å². The lowest BCUT2D eigenvalue weighted by Gasteiger charge is -2.33. The summed E-state index contributed by atoms with van der Waals surface area (Å²) in [7, 11) is 0. The van der Waals surface area contributed by atoms with Crippen LogP contribution in [0.3, 0.4) is 0 Å². The molecule has 3 nitrogen and oxygen atoms in total. The van der Waals surface area contributed by atoms with E-state index in [1.165, 1.54) is 11.1 Å². The monoisotopic (exact) mass is 308 g/mol. The van der Waals surface area contributed by atoms with Crippen LogP contribution in [0.5, 0.6) is 0 Å². The van der Waals surface area contributed by atoms with E-state index in [9.17, 15) is 4.79 Å². The Hall–Kier alpha value is -2.13. The van der Waals surface area contributed by atoms with Gasteiger partial charge >= 0.3 is 0 Å². The second kappa shape index (κ2) is 6.97. The highest BCUT2D eigenvalue weighted by atomic mass is 16.1. The van der Waals surface area contributed by atoms with Crippen LogP contribution in [0, 0.1) is 6.92 Å². The number of carbonyl (C=O) groups excluding carboxylic acids is 1. The number of nitrogens with one attached hydrogen (secondary N) is 1. The van der Waals surface area contributed by atoms with Crippen molar-refractivity contribution in [3.63, 3.8) is 0 Å². The van der Waals surface area contributed by atoms with E-state index in [0.717, 1.165) is 30.6 Å². The Labute approximate surface area is 138 Å². The van der Waals surface area contributed by atoms with Crippen molar-refractivity contribution in [2.24, 2.45) is 0 Å². The van der Waals surface area contributed by atoms with E-state index in [4.69, 9.17) is 0 Å². The van der Waals surface area contributed by atoms with Crippen LogP contribution in [0.15, 0.2) is 48.5 Å². The number of hydrogen-bond donors (Lipinski definition) is 1. The highest BCUT2D eigenvalue weighted by Gasteiger charge is 2.20. The van der Waals surface area contributed by atoms with Crippen LogP contribution >= 0.6 is 0 Å². The maximum atomic E-state index is 12.3. The average molecular weight is 308 g/mol. The predicted molar refractivity (Wildman–Crippen MR) is 93.5 cm³/mol. The van der Waals surface area contributed by atoms with E-state index in [1.54, 1.807) is 0 Å². The van der Waals surface area contributed by atoms with Gasteiger partial charge in [-0.3, -0.25) is 9.69 Å². The minimum Gasteiger partial charge on any atom is -0.350 e. The summed E-state index contributed by atoms with van der Waals surface area (Å²) in [6.07, 6.45) is 1.09. The van der Waals surface area contributed by atoms with Crippen LogP contribution in [0.25, 0.3) is 0 Å². The van der Waals surface area contributed by atoms with Crippen LogP contribution in [-0.4, -0.2) is 29.9 Å². The molecule has 1 heterocycles. The summed E-state index contributed by atoms with van der Waals surface area (Å²) < 4.78 is 0. The molecule has 1 aliphatic rings. The molecule has 1 aliphatic heterocycles. The lowest BCUT2D eigenvalue weighted by atomic mass is 9.99. The Morgan fingerprint density at radius 2 is 1.96 bits per heavy atom.